The molecule has 0 spiro atoms. The molecule has 0 aliphatic heterocycles. The van der Waals surface area contributed by atoms with E-state index in [1.165, 1.54) is 0 Å². The number of esters is 1. The van der Waals surface area contributed by atoms with Gasteiger partial charge in [-0.1, -0.05) is 6.58 Å². The third kappa shape index (κ3) is 12.9. The van der Waals surface area contributed by atoms with Gasteiger partial charge >= 0.3 is 5.97 Å². The number of carbonyl (C=O) groups excluding carboxylic acids is 1. The summed E-state index contributed by atoms with van der Waals surface area (Å²) in [4.78, 5) is 9.89. The quantitative estimate of drug-likeness (QED) is 0.248. The molecule has 0 aliphatic carbocycles. The van der Waals surface area contributed by atoms with E-state index in [1.807, 2.05) is 0 Å². The van der Waals surface area contributed by atoms with Crippen molar-refractivity contribution < 1.29 is 9.53 Å². The van der Waals surface area contributed by atoms with Crippen molar-refractivity contribution in [3.63, 3.8) is 0 Å². The summed E-state index contributed by atoms with van der Waals surface area (Å²) in [5.41, 5.74) is 0. The Morgan fingerprint density at radius 3 is 2.42 bits per heavy atom. The van der Waals surface area contributed by atoms with Crippen molar-refractivity contribution in [3.05, 3.63) is 12.7 Å². The van der Waals surface area contributed by atoms with Crippen molar-refractivity contribution >= 4 is 49.8 Å². The molecule has 0 aromatic heterocycles. The van der Waals surface area contributed by atoms with Crippen LogP contribution in [0, 0.1) is 0 Å². The summed E-state index contributed by atoms with van der Waals surface area (Å²) in [7, 11) is 0.778. The summed E-state index contributed by atoms with van der Waals surface area (Å²) >= 11 is 15.5. The maximum atomic E-state index is 10.4. The van der Waals surface area contributed by atoms with E-state index >= 15 is 0 Å². The molecule has 0 amide bonds. The third-order valence-electron chi connectivity index (χ3n) is 0.747. The van der Waals surface area contributed by atoms with Crippen molar-refractivity contribution in [2.45, 2.75) is 11.3 Å². The molecule has 0 saturated carbocycles. The molecular formula is C6H11Cl3O2Si. The van der Waals surface area contributed by atoms with Crippen LogP contribution in [0.3, 0.4) is 0 Å². The van der Waals surface area contributed by atoms with Gasteiger partial charge in [-0.3, -0.25) is 0 Å². The lowest BCUT2D eigenvalue weighted by molar-refractivity contribution is -0.137. The lowest BCUT2D eigenvalue weighted by Crippen LogP contribution is -2.04. The maximum absolute atomic E-state index is 10.4. The van der Waals surface area contributed by atoms with Crippen LogP contribution in [0.4, 0.5) is 0 Å². The molecule has 0 radical (unpaired) electrons. The molecule has 0 saturated heterocycles. The average molecular weight is 250 g/mol. The summed E-state index contributed by atoms with van der Waals surface area (Å²) in [6.07, 6.45) is 1.54. The highest BCUT2D eigenvalue weighted by Crippen LogP contribution is 2.06. The molecule has 0 aromatic carbocycles. The minimum atomic E-state index is -0.474. The van der Waals surface area contributed by atoms with Gasteiger partial charge in [-0.15, -0.1) is 23.2 Å². The summed E-state index contributed by atoms with van der Waals surface area (Å²) in [5.74, 6) is -0.450. The smallest absolute Gasteiger partial charge is 0.330 e. The van der Waals surface area contributed by atoms with Gasteiger partial charge < -0.3 is 4.74 Å². The minimum Gasteiger partial charge on any atom is -0.462 e. The van der Waals surface area contributed by atoms with E-state index in [4.69, 9.17) is 34.3 Å². The van der Waals surface area contributed by atoms with Gasteiger partial charge in [0.2, 0.25) is 0 Å². The highest BCUT2D eigenvalue weighted by atomic mass is 35.6. The standard InChI is InChI=1S/C6H8Cl2O2.ClH3Si/c1-2-6(9)10-4-3-5(7)8;1-2/h2,5H,1,3-4H2;2H3. The Labute approximate surface area is 89.9 Å². The predicted molar refractivity (Wildman–Crippen MR) is 57.1 cm³/mol. The first kappa shape index (κ1) is 14.8. The Bertz CT molecular complexity index is 130. The molecule has 2 nitrogen and oxygen atoms in total. The predicted octanol–water partition coefficient (Wildman–Crippen LogP) is 1.41. The topological polar surface area (TPSA) is 26.3 Å². The van der Waals surface area contributed by atoms with Gasteiger partial charge in [0.15, 0.2) is 0 Å². The fourth-order valence-electron chi connectivity index (χ4n) is 0.308. The van der Waals surface area contributed by atoms with E-state index < -0.39 is 10.8 Å². The molecule has 0 N–H and O–H groups in total. The van der Waals surface area contributed by atoms with Gasteiger partial charge in [0, 0.05) is 12.5 Å². The van der Waals surface area contributed by atoms with Crippen LogP contribution in [-0.2, 0) is 9.53 Å². The molecule has 0 aromatic rings. The Hall–Kier alpha value is 0.297. The average Bonchev–Trinajstić information content (AvgIpc) is 2.07. The van der Waals surface area contributed by atoms with E-state index in [-0.39, 0.29) is 6.61 Å². The number of carbonyl (C=O) groups is 1. The largest absolute Gasteiger partial charge is 0.462 e. The first-order valence-corrected chi connectivity index (χ1v) is 7.01. The molecule has 0 aliphatic rings. The van der Waals surface area contributed by atoms with Crippen LogP contribution in [-0.4, -0.2) is 27.0 Å². The van der Waals surface area contributed by atoms with Gasteiger partial charge in [-0.2, -0.15) is 11.1 Å². The van der Waals surface area contributed by atoms with E-state index in [9.17, 15) is 4.79 Å². The number of alkyl halides is 2. The van der Waals surface area contributed by atoms with Crippen molar-refractivity contribution in [1.82, 2.24) is 0 Å². The van der Waals surface area contributed by atoms with E-state index in [1.54, 1.807) is 0 Å². The Balaban J connectivity index is 0. The van der Waals surface area contributed by atoms with Gasteiger partial charge in [-0.05, 0) is 0 Å². The van der Waals surface area contributed by atoms with Crippen LogP contribution >= 0.6 is 34.3 Å². The lowest BCUT2D eigenvalue weighted by atomic mass is 10.5. The van der Waals surface area contributed by atoms with E-state index in [0.717, 1.165) is 15.6 Å². The summed E-state index contributed by atoms with van der Waals surface area (Å²) in [5, 5.41) is 0. The van der Waals surface area contributed by atoms with Crippen LogP contribution in [0.25, 0.3) is 0 Å². The summed E-state index contributed by atoms with van der Waals surface area (Å²) in [6.45, 7) is 3.46. The molecule has 72 valence electrons. The highest BCUT2D eigenvalue weighted by molar-refractivity contribution is 6.80. The molecule has 0 unspecified atom stereocenters. The fraction of sp³-hybridized carbons (Fsp3) is 0.500. The van der Waals surface area contributed by atoms with Gasteiger partial charge in [-0.25, -0.2) is 4.79 Å². The number of hydrogen-bond donors (Lipinski definition) is 0. The molecule has 6 heteroatoms. The fourth-order valence-corrected chi connectivity index (χ4v) is 0.486. The lowest BCUT2D eigenvalue weighted by Gasteiger charge is -2.00. The summed E-state index contributed by atoms with van der Waals surface area (Å²) in [6, 6.07) is 0. The normalized spacial score (nSPS) is 8.67. The SMILES string of the molecule is C=CC(=O)OCCC(Cl)Cl.[SiH3]Cl. The maximum Gasteiger partial charge on any atom is 0.330 e. The second kappa shape index (κ2) is 11.3. The van der Waals surface area contributed by atoms with Crippen molar-refractivity contribution in [1.29, 1.82) is 0 Å². The highest BCUT2D eigenvalue weighted by Gasteiger charge is 1.99. The Morgan fingerprint density at radius 1 is 1.58 bits per heavy atom. The monoisotopic (exact) mass is 248 g/mol. The van der Waals surface area contributed by atoms with E-state index in [2.05, 4.69) is 11.3 Å². The second-order valence-electron chi connectivity index (χ2n) is 1.55. The second-order valence-corrected chi connectivity index (χ2v) is 2.83. The Morgan fingerprint density at radius 2 is 2.08 bits per heavy atom. The molecule has 0 bridgehead atoms. The van der Waals surface area contributed by atoms with Crippen LogP contribution in [0.2, 0.25) is 0 Å². The third-order valence-corrected chi connectivity index (χ3v) is 1.18. The van der Waals surface area contributed by atoms with Crippen LogP contribution in [0.5, 0.6) is 0 Å². The van der Waals surface area contributed by atoms with Crippen LogP contribution in [0.15, 0.2) is 12.7 Å². The number of ether oxygens (including phenoxy) is 1. The molecule has 0 atom stereocenters. The van der Waals surface area contributed by atoms with Crippen molar-refractivity contribution in [2.75, 3.05) is 6.61 Å². The number of hydrogen-bond acceptors (Lipinski definition) is 2. The van der Waals surface area contributed by atoms with Crippen LogP contribution in [0.1, 0.15) is 6.42 Å². The molecule has 0 fully saturated rings. The first-order valence-electron chi connectivity index (χ1n) is 3.12. The van der Waals surface area contributed by atoms with E-state index in [0.29, 0.717) is 6.42 Å². The van der Waals surface area contributed by atoms with Gasteiger partial charge in [0.1, 0.15) is 14.4 Å². The number of rotatable bonds is 4. The zero-order valence-electron chi connectivity index (χ0n) is 6.73. The Kier molecular flexibility index (Phi) is 13.9. The van der Waals surface area contributed by atoms with Crippen LogP contribution < -0.4 is 0 Å². The molecule has 0 heterocycles. The van der Waals surface area contributed by atoms with Crippen molar-refractivity contribution in [3.8, 4) is 0 Å². The minimum absolute atomic E-state index is 0.239. The summed E-state index contributed by atoms with van der Waals surface area (Å²) < 4.78 is 4.58. The first-order chi connectivity index (χ1) is 5.66. The van der Waals surface area contributed by atoms with Crippen molar-refractivity contribution in [2.24, 2.45) is 0 Å². The number of halogens is 3. The van der Waals surface area contributed by atoms with Gasteiger partial charge in [0.05, 0.1) is 6.61 Å². The zero-order valence-corrected chi connectivity index (χ0v) is 11.0. The zero-order chi connectivity index (χ0) is 9.98. The molecule has 0 rings (SSSR count). The van der Waals surface area contributed by atoms with Gasteiger partial charge in [0.25, 0.3) is 0 Å². The molecule has 12 heavy (non-hydrogen) atoms. The molecular weight excluding hydrogens is 239 g/mol.